The second kappa shape index (κ2) is 6.65. The highest BCUT2D eigenvalue weighted by Crippen LogP contribution is 2.33. The first-order chi connectivity index (χ1) is 11.5. The minimum absolute atomic E-state index is 0.0630. The van der Waals surface area contributed by atoms with Crippen molar-refractivity contribution in [2.75, 3.05) is 18.8 Å². The van der Waals surface area contributed by atoms with Crippen LogP contribution in [0.1, 0.15) is 18.3 Å². The summed E-state index contributed by atoms with van der Waals surface area (Å²) in [6.07, 6.45) is -3.08. The Kier molecular flexibility index (Phi) is 4.57. The molecular formula is C13H19N7O4. The quantitative estimate of drug-likeness (QED) is 0.322. The summed E-state index contributed by atoms with van der Waals surface area (Å²) in [5.74, 6) is -0.362. The van der Waals surface area contributed by atoms with Gasteiger partial charge in [-0.2, -0.15) is 0 Å². The standard InChI is InChI=1S/C13H19N7O4/c14-2-1-3-16-13(23)9-7(22)6(21)8(24-9)12-19-10(15)5-11(20-12)18-4-17-5/h4,6-9,21-22H,1-3,14H2,(H,16,23)(H3,15,17,18,19,20)/t6-,7+,8+,9+/m1/s1. The van der Waals surface area contributed by atoms with Crippen LogP contribution in [0.15, 0.2) is 6.33 Å². The Bertz CT molecular complexity index is 736. The monoisotopic (exact) mass is 337 g/mol. The number of aromatic amines is 1. The molecule has 11 nitrogen and oxygen atoms in total. The van der Waals surface area contributed by atoms with Gasteiger partial charge in [-0.15, -0.1) is 0 Å². The summed E-state index contributed by atoms with van der Waals surface area (Å²) >= 11 is 0. The number of imidazole rings is 1. The number of hydrogen-bond acceptors (Lipinski definition) is 9. The van der Waals surface area contributed by atoms with Crippen LogP contribution in [0.3, 0.4) is 0 Å². The second-order valence-electron chi connectivity index (χ2n) is 5.46. The second-order valence-corrected chi connectivity index (χ2v) is 5.46. The number of nitrogen functional groups attached to an aromatic ring is 1. The molecule has 0 spiro atoms. The molecule has 0 aromatic carbocycles. The topological polar surface area (TPSA) is 185 Å². The number of fused-ring (bicyclic) bond motifs is 1. The van der Waals surface area contributed by atoms with Gasteiger partial charge in [-0.1, -0.05) is 0 Å². The van der Waals surface area contributed by atoms with Crippen molar-refractivity contribution in [3.63, 3.8) is 0 Å². The Morgan fingerprint density at radius 3 is 2.92 bits per heavy atom. The maximum Gasteiger partial charge on any atom is 0.251 e. The van der Waals surface area contributed by atoms with Crippen molar-refractivity contribution in [2.45, 2.75) is 30.8 Å². The summed E-state index contributed by atoms with van der Waals surface area (Å²) < 4.78 is 5.49. The maximum atomic E-state index is 12.1. The number of carbonyl (C=O) groups excluding carboxylic acids is 1. The number of carbonyl (C=O) groups is 1. The number of hydrogen-bond donors (Lipinski definition) is 6. The molecule has 0 saturated carbocycles. The van der Waals surface area contributed by atoms with Crippen molar-refractivity contribution in [2.24, 2.45) is 5.73 Å². The summed E-state index contributed by atoms with van der Waals surface area (Å²) in [7, 11) is 0. The molecule has 0 unspecified atom stereocenters. The molecule has 3 heterocycles. The minimum atomic E-state index is -1.41. The molecular weight excluding hydrogens is 318 g/mol. The van der Waals surface area contributed by atoms with Gasteiger partial charge in [-0.3, -0.25) is 4.79 Å². The lowest BCUT2D eigenvalue weighted by molar-refractivity contribution is -0.135. The van der Waals surface area contributed by atoms with E-state index in [-0.39, 0.29) is 11.6 Å². The number of H-pyrrole nitrogens is 1. The van der Waals surface area contributed by atoms with Crippen LogP contribution in [0, 0.1) is 0 Å². The molecule has 4 atom stereocenters. The Balaban J connectivity index is 1.79. The molecule has 2 aromatic rings. The highest BCUT2D eigenvalue weighted by molar-refractivity contribution is 5.82. The van der Waals surface area contributed by atoms with Gasteiger partial charge in [-0.05, 0) is 13.0 Å². The average Bonchev–Trinajstić information content (AvgIpc) is 3.14. The lowest BCUT2D eigenvalue weighted by Gasteiger charge is -2.14. The number of nitrogens with one attached hydrogen (secondary N) is 2. The average molecular weight is 337 g/mol. The number of aliphatic hydroxyl groups is 2. The van der Waals surface area contributed by atoms with Crippen molar-refractivity contribution in [3.05, 3.63) is 12.2 Å². The number of aliphatic hydroxyl groups excluding tert-OH is 2. The molecule has 3 rings (SSSR count). The van der Waals surface area contributed by atoms with E-state index >= 15 is 0 Å². The van der Waals surface area contributed by atoms with Gasteiger partial charge in [0.1, 0.15) is 23.8 Å². The highest BCUT2D eigenvalue weighted by atomic mass is 16.5. The van der Waals surface area contributed by atoms with Crippen molar-refractivity contribution in [1.29, 1.82) is 0 Å². The molecule has 0 aliphatic carbocycles. The van der Waals surface area contributed by atoms with E-state index < -0.39 is 30.3 Å². The van der Waals surface area contributed by atoms with Crippen LogP contribution in [0.4, 0.5) is 5.82 Å². The largest absolute Gasteiger partial charge is 0.387 e. The molecule has 1 fully saturated rings. The van der Waals surface area contributed by atoms with E-state index in [1.54, 1.807) is 0 Å². The van der Waals surface area contributed by atoms with E-state index in [1.807, 2.05) is 0 Å². The molecule has 0 bridgehead atoms. The Labute approximate surface area is 136 Å². The number of aromatic nitrogens is 4. The van der Waals surface area contributed by atoms with E-state index in [9.17, 15) is 15.0 Å². The van der Waals surface area contributed by atoms with Gasteiger partial charge in [0.25, 0.3) is 5.91 Å². The number of nitrogens with zero attached hydrogens (tertiary/aromatic N) is 3. The maximum absolute atomic E-state index is 12.1. The van der Waals surface area contributed by atoms with Crippen molar-refractivity contribution >= 4 is 22.9 Å². The van der Waals surface area contributed by atoms with E-state index in [1.165, 1.54) is 6.33 Å². The van der Waals surface area contributed by atoms with E-state index in [0.29, 0.717) is 30.7 Å². The predicted octanol–water partition coefficient (Wildman–Crippen LogP) is -2.44. The zero-order chi connectivity index (χ0) is 17.3. The van der Waals surface area contributed by atoms with Gasteiger partial charge in [0.15, 0.2) is 23.4 Å². The van der Waals surface area contributed by atoms with Gasteiger partial charge >= 0.3 is 0 Å². The van der Waals surface area contributed by atoms with Gasteiger partial charge < -0.3 is 36.7 Å². The van der Waals surface area contributed by atoms with Gasteiger partial charge in [0.05, 0.1) is 6.33 Å². The first-order valence-electron chi connectivity index (χ1n) is 7.48. The summed E-state index contributed by atoms with van der Waals surface area (Å²) in [5.41, 5.74) is 11.9. The normalized spacial score (nSPS) is 26.8. The predicted molar refractivity (Wildman–Crippen MR) is 82.4 cm³/mol. The van der Waals surface area contributed by atoms with Crippen LogP contribution in [-0.4, -0.2) is 67.5 Å². The highest BCUT2D eigenvalue weighted by Gasteiger charge is 2.48. The fourth-order valence-electron chi connectivity index (χ4n) is 2.53. The number of ether oxygens (including phenoxy) is 1. The first-order valence-corrected chi connectivity index (χ1v) is 7.48. The van der Waals surface area contributed by atoms with Crippen LogP contribution in [-0.2, 0) is 9.53 Å². The van der Waals surface area contributed by atoms with Crippen molar-refractivity contribution < 1.29 is 19.7 Å². The first kappa shape index (κ1) is 16.5. The molecule has 1 saturated heterocycles. The molecule has 11 heteroatoms. The van der Waals surface area contributed by atoms with E-state index in [4.69, 9.17) is 16.2 Å². The number of amides is 1. The SMILES string of the molecule is NCCCNC(=O)[C@H]1O[C@H](c2nc(N)c3nc[nH]c3n2)[C@H](O)[C@@H]1O. The molecule has 1 aliphatic heterocycles. The van der Waals surface area contributed by atoms with Gasteiger partial charge in [0, 0.05) is 6.54 Å². The molecule has 2 aromatic heterocycles. The third-order valence-electron chi connectivity index (χ3n) is 3.78. The third-order valence-corrected chi connectivity index (χ3v) is 3.78. The molecule has 1 amide bonds. The Morgan fingerprint density at radius 2 is 2.17 bits per heavy atom. The van der Waals surface area contributed by atoms with E-state index in [2.05, 4.69) is 25.3 Å². The zero-order valence-corrected chi connectivity index (χ0v) is 12.7. The summed E-state index contributed by atoms with van der Waals surface area (Å²) in [6.45, 7) is 0.781. The fourth-order valence-corrected chi connectivity index (χ4v) is 2.53. The molecule has 0 radical (unpaired) electrons. The minimum Gasteiger partial charge on any atom is -0.387 e. The van der Waals surface area contributed by atoms with Crippen LogP contribution in [0.2, 0.25) is 0 Å². The fraction of sp³-hybridized carbons (Fsp3) is 0.538. The Hall–Kier alpha value is -2.34. The van der Waals surface area contributed by atoms with Crippen LogP contribution >= 0.6 is 0 Å². The van der Waals surface area contributed by atoms with Crippen LogP contribution in [0.5, 0.6) is 0 Å². The molecule has 24 heavy (non-hydrogen) atoms. The third kappa shape index (κ3) is 2.89. The lowest BCUT2D eigenvalue weighted by atomic mass is 10.1. The molecule has 8 N–H and O–H groups in total. The molecule has 1 aliphatic rings. The van der Waals surface area contributed by atoms with Crippen molar-refractivity contribution in [3.8, 4) is 0 Å². The molecule has 130 valence electrons. The number of anilines is 1. The summed E-state index contributed by atoms with van der Waals surface area (Å²) in [6, 6.07) is 0. The lowest BCUT2D eigenvalue weighted by Crippen LogP contribution is -2.43. The zero-order valence-electron chi connectivity index (χ0n) is 12.7. The van der Waals surface area contributed by atoms with Gasteiger partial charge in [-0.25, -0.2) is 15.0 Å². The summed E-state index contributed by atoms with van der Waals surface area (Å²) in [5, 5.41) is 22.9. The smallest absolute Gasteiger partial charge is 0.251 e. The number of rotatable bonds is 5. The van der Waals surface area contributed by atoms with Crippen LogP contribution in [0.25, 0.3) is 11.2 Å². The van der Waals surface area contributed by atoms with Gasteiger partial charge in [0.2, 0.25) is 0 Å². The van der Waals surface area contributed by atoms with E-state index in [0.717, 1.165) is 0 Å². The summed E-state index contributed by atoms with van der Waals surface area (Å²) in [4.78, 5) is 27.0. The van der Waals surface area contributed by atoms with Crippen LogP contribution < -0.4 is 16.8 Å². The number of nitrogens with two attached hydrogens (primary N) is 2. The Morgan fingerprint density at radius 1 is 1.38 bits per heavy atom. The van der Waals surface area contributed by atoms with Crippen molar-refractivity contribution in [1.82, 2.24) is 25.3 Å².